The largest absolute Gasteiger partial charge is 0.465 e. The van der Waals surface area contributed by atoms with Crippen molar-refractivity contribution in [3.8, 4) is 0 Å². The molecule has 0 unspecified atom stereocenters. The van der Waals surface area contributed by atoms with Crippen molar-refractivity contribution < 1.29 is 14.4 Å². The molecule has 1 aromatic rings. The summed E-state index contributed by atoms with van der Waals surface area (Å²) in [5, 5.41) is 14.5. The number of carboxylic acid groups (broad SMARTS) is 1. The minimum Gasteiger partial charge on any atom is -0.465 e. The molecule has 2 rings (SSSR count). The number of hydrogen-bond acceptors (Lipinski definition) is 4. The molecule has 0 spiro atoms. The van der Waals surface area contributed by atoms with Gasteiger partial charge in [0.25, 0.3) is 5.89 Å². The van der Waals surface area contributed by atoms with Crippen LogP contribution in [0.1, 0.15) is 24.6 Å². The van der Waals surface area contributed by atoms with Crippen LogP contribution in [0.4, 0.5) is 4.79 Å². The van der Waals surface area contributed by atoms with Gasteiger partial charge in [0, 0.05) is 0 Å². The van der Waals surface area contributed by atoms with Gasteiger partial charge in [0.15, 0.2) is 5.82 Å². The van der Waals surface area contributed by atoms with Crippen LogP contribution in [0, 0.1) is 6.92 Å². The van der Waals surface area contributed by atoms with Gasteiger partial charge in [-0.3, -0.25) is 0 Å². The number of hydrogen-bond donors (Lipinski definition) is 2. The summed E-state index contributed by atoms with van der Waals surface area (Å²) < 4.78 is 4.91. The number of nitrogens with zero attached hydrogens (tertiary/aromatic N) is 2. The first-order chi connectivity index (χ1) is 6.12. The SMILES string of the molecule is Cc1noc(C2(NC(=O)O)CC2)n1. The molecule has 1 aliphatic rings. The molecule has 0 atom stereocenters. The Labute approximate surface area is 73.9 Å². The molecular formula is C7H9N3O3. The Morgan fingerprint density at radius 1 is 1.69 bits per heavy atom. The van der Waals surface area contributed by atoms with Gasteiger partial charge in [0.2, 0.25) is 0 Å². The van der Waals surface area contributed by atoms with Crippen LogP contribution < -0.4 is 5.32 Å². The van der Waals surface area contributed by atoms with E-state index in [2.05, 4.69) is 15.5 Å². The van der Waals surface area contributed by atoms with Crippen LogP contribution in [-0.2, 0) is 5.54 Å². The maximum atomic E-state index is 10.4. The van der Waals surface area contributed by atoms with Crippen molar-refractivity contribution in [3.05, 3.63) is 11.7 Å². The van der Waals surface area contributed by atoms with Gasteiger partial charge in [0.05, 0.1) is 0 Å². The molecule has 6 heteroatoms. The summed E-state index contributed by atoms with van der Waals surface area (Å²) in [6, 6.07) is 0. The summed E-state index contributed by atoms with van der Waals surface area (Å²) in [6.45, 7) is 1.70. The van der Waals surface area contributed by atoms with Gasteiger partial charge in [-0.25, -0.2) is 4.79 Å². The molecule has 1 fully saturated rings. The van der Waals surface area contributed by atoms with Crippen LogP contribution in [0.3, 0.4) is 0 Å². The van der Waals surface area contributed by atoms with E-state index in [4.69, 9.17) is 9.63 Å². The predicted octanol–water partition coefficient (Wildman–Crippen LogP) is 0.635. The molecule has 2 N–H and O–H groups in total. The quantitative estimate of drug-likeness (QED) is 0.702. The lowest BCUT2D eigenvalue weighted by Gasteiger charge is -2.08. The van der Waals surface area contributed by atoms with Crippen LogP contribution in [0.5, 0.6) is 0 Å². The van der Waals surface area contributed by atoms with E-state index >= 15 is 0 Å². The first kappa shape index (κ1) is 8.03. The zero-order chi connectivity index (χ0) is 9.47. The maximum absolute atomic E-state index is 10.4. The second-order valence-corrected chi connectivity index (χ2v) is 3.16. The highest BCUT2D eigenvalue weighted by atomic mass is 16.5. The Bertz CT molecular complexity index is 343. The lowest BCUT2D eigenvalue weighted by atomic mass is 10.3. The van der Waals surface area contributed by atoms with E-state index in [0.717, 1.165) is 12.8 Å². The normalized spacial score (nSPS) is 18.2. The molecule has 6 nitrogen and oxygen atoms in total. The zero-order valence-electron chi connectivity index (χ0n) is 7.07. The monoisotopic (exact) mass is 183 g/mol. The lowest BCUT2D eigenvalue weighted by Crippen LogP contribution is -2.33. The molecule has 0 saturated heterocycles. The molecule has 1 heterocycles. The minimum atomic E-state index is -1.06. The van der Waals surface area contributed by atoms with Crippen LogP contribution in [0.2, 0.25) is 0 Å². The summed E-state index contributed by atoms with van der Waals surface area (Å²) in [7, 11) is 0. The van der Waals surface area contributed by atoms with Crippen LogP contribution in [0.15, 0.2) is 4.52 Å². The van der Waals surface area contributed by atoms with Gasteiger partial charge in [0.1, 0.15) is 5.54 Å². The first-order valence-electron chi connectivity index (χ1n) is 3.94. The van der Waals surface area contributed by atoms with Gasteiger partial charge in [-0.1, -0.05) is 5.16 Å². The van der Waals surface area contributed by atoms with Crippen molar-refractivity contribution in [2.45, 2.75) is 25.3 Å². The first-order valence-corrected chi connectivity index (χ1v) is 3.94. The summed E-state index contributed by atoms with van der Waals surface area (Å²) in [5.74, 6) is 0.890. The van der Waals surface area contributed by atoms with E-state index in [1.54, 1.807) is 6.92 Å². The number of carbonyl (C=O) groups is 1. The highest BCUT2D eigenvalue weighted by Crippen LogP contribution is 2.44. The van der Waals surface area contributed by atoms with Crippen LogP contribution in [-0.4, -0.2) is 21.3 Å². The second kappa shape index (κ2) is 2.45. The van der Waals surface area contributed by atoms with Crippen LogP contribution in [0.25, 0.3) is 0 Å². The fourth-order valence-corrected chi connectivity index (χ4v) is 1.21. The van der Waals surface area contributed by atoms with Gasteiger partial charge in [-0.15, -0.1) is 0 Å². The molecule has 1 aromatic heterocycles. The Hall–Kier alpha value is -1.59. The predicted molar refractivity (Wildman–Crippen MR) is 41.1 cm³/mol. The molecule has 0 aliphatic heterocycles. The Balaban J connectivity index is 2.20. The topological polar surface area (TPSA) is 88.2 Å². The molecule has 1 saturated carbocycles. The van der Waals surface area contributed by atoms with Crippen molar-refractivity contribution >= 4 is 6.09 Å². The fourth-order valence-electron chi connectivity index (χ4n) is 1.21. The Kier molecular flexibility index (Phi) is 1.51. The van der Waals surface area contributed by atoms with Crippen molar-refractivity contribution in [1.29, 1.82) is 0 Å². The third-order valence-corrected chi connectivity index (χ3v) is 2.03. The highest BCUT2D eigenvalue weighted by Gasteiger charge is 2.51. The zero-order valence-corrected chi connectivity index (χ0v) is 7.07. The molecule has 1 amide bonds. The molecule has 70 valence electrons. The van der Waals surface area contributed by atoms with Gasteiger partial charge in [-0.2, -0.15) is 4.98 Å². The van der Waals surface area contributed by atoms with E-state index in [1.165, 1.54) is 0 Å². The van der Waals surface area contributed by atoms with Crippen molar-refractivity contribution in [3.63, 3.8) is 0 Å². The van der Waals surface area contributed by atoms with Crippen molar-refractivity contribution in [2.24, 2.45) is 0 Å². The molecule has 13 heavy (non-hydrogen) atoms. The molecule has 1 aliphatic carbocycles. The number of aromatic nitrogens is 2. The van der Waals surface area contributed by atoms with Crippen molar-refractivity contribution in [1.82, 2.24) is 15.5 Å². The van der Waals surface area contributed by atoms with E-state index in [9.17, 15) is 4.79 Å². The second-order valence-electron chi connectivity index (χ2n) is 3.16. The summed E-state index contributed by atoms with van der Waals surface area (Å²) >= 11 is 0. The Morgan fingerprint density at radius 3 is 2.77 bits per heavy atom. The Morgan fingerprint density at radius 2 is 2.38 bits per heavy atom. The molecule has 0 aromatic carbocycles. The molecular weight excluding hydrogens is 174 g/mol. The summed E-state index contributed by atoms with van der Waals surface area (Å²) in [5.41, 5.74) is -0.604. The average molecular weight is 183 g/mol. The number of nitrogens with one attached hydrogen (secondary N) is 1. The standard InChI is InChI=1S/C7H9N3O3/c1-4-8-5(13-10-4)7(2-3-7)9-6(11)12/h9H,2-3H2,1H3,(H,11,12). The van der Waals surface area contributed by atoms with Gasteiger partial charge >= 0.3 is 6.09 Å². The number of rotatable bonds is 2. The van der Waals surface area contributed by atoms with E-state index in [0.29, 0.717) is 11.7 Å². The highest BCUT2D eigenvalue weighted by molar-refractivity contribution is 5.66. The number of aryl methyl sites for hydroxylation is 1. The van der Waals surface area contributed by atoms with E-state index in [1.807, 2.05) is 0 Å². The minimum absolute atomic E-state index is 0.368. The maximum Gasteiger partial charge on any atom is 0.405 e. The molecule has 0 radical (unpaired) electrons. The number of amides is 1. The van der Waals surface area contributed by atoms with E-state index < -0.39 is 11.6 Å². The third kappa shape index (κ3) is 1.34. The average Bonchev–Trinajstić information content (AvgIpc) is 2.65. The molecule has 0 bridgehead atoms. The van der Waals surface area contributed by atoms with E-state index in [-0.39, 0.29) is 0 Å². The van der Waals surface area contributed by atoms with Crippen LogP contribution >= 0.6 is 0 Å². The van der Waals surface area contributed by atoms with Gasteiger partial charge < -0.3 is 14.9 Å². The lowest BCUT2D eigenvalue weighted by molar-refractivity contribution is 0.183. The smallest absolute Gasteiger partial charge is 0.405 e. The van der Waals surface area contributed by atoms with Gasteiger partial charge in [-0.05, 0) is 19.8 Å². The summed E-state index contributed by atoms with van der Waals surface area (Å²) in [4.78, 5) is 14.4. The van der Waals surface area contributed by atoms with Crippen molar-refractivity contribution in [2.75, 3.05) is 0 Å². The fraction of sp³-hybridized carbons (Fsp3) is 0.571. The third-order valence-electron chi connectivity index (χ3n) is 2.03. The summed E-state index contributed by atoms with van der Waals surface area (Å²) in [6.07, 6.45) is 0.385.